The molecule has 0 atom stereocenters. The van der Waals surface area contributed by atoms with Crippen LogP contribution in [0.1, 0.15) is 5.56 Å². The molecule has 1 heterocycles. The van der Waals surface area contributed by atoms with Crippen molar-refractivity contribution in [2.75, 3.05) is 7.11 Å². The molecule has 6 nitrogen and oxygen atoms in total. The highest BCUT2D eigenvalue weighted by atomic mass is 16.6. The molecule has 0 aliphatic rings. The molecule has 0 saturated heterocycles. The molecular formula is C19H16N2O4. The van der Waals surface area contributed by atoms with Gasteiger partial charge in [-0.15, -0.1) is 0 Å². The second-order valence-corrected chi connectivity index (χ2v) is 5.51. The van der Waals surface area contributed by atoms with Crippen LogP contribution in [0.25, 0.3) is 11.1 Å². The summed E-state index contributed by atoms with van der Waals surface area (Å²) in [4.78, 5) is 22.5. The number of hydrogen-bond donors (Lipinski definition) is 0. The molecule has 0 unspecified atom stereocenters. The Bertz CT molecular complexity index is 979. The van der Waals surface area contributed by atoms with E-state index in [0.717, 1.165) is 11.1 Å². The number of hydrogen-bond acceptors (Lipinski definition) is 4. The highest BCUT2D eigenvalue weighted by molar-refractivity contribution is 5.73. The molecule has 0 saturated carbocycles. The van der Waals surface area contributed by atoms with Crippen LogP contribution in [-0.2, 0) is 6.54 Å². The van der Waals surface area contributed by atoms with Gasteiger partial charge in [-0.05, 0) is 29.3 Å². The maximum atomic E-state index is 11.9. The summed E-state index contributed by atoms with van der Waals surface area (Å²) in [5, 5.41) is 11.0. The first-order valence-electron chi connectivity index (χ1n) is 7.65. The van der Waals surface area contributed by atoms with E-state index in [9.17, 15) is 14.9 Å². The number of rotatable bonds is 5. The van der Waals surface area contributed by atoms with Gasteiger partial charge in [0.15, 0.2) is 0 Å². The summed E-state index contributed by atoms with van der Waals surface area (Å²) >= 11 is 0. The Morgan fingerprint density at radius 3 is 2.64 bits per heavy atom. The van der Waals surface area contributed by atoms with Crippen LogP contribution in [0.2, 0.25) is 0 Å². The first-order chi connectivity index (χ1) is 12.1. The Hall–Kier alpha value is -3.41. The van der Waals surface area contributed by atoms with Crippen molar-refractivity contribution in [2.24, 2.45) is 0 Å². The summed E-state index contributed by atoms with van der Waals surface area (Å²) < 4.78 is 6.99. The second-order valence-electron chi connectivity index (χ2n) is 5.51. The third-order valence-electron chi connectivity index (χ3n) is 3.88. The molecule has 0 aliphatic carbocycles. The van der Waals surface area contributed by atoms with E-state index < -0.39 is 4.92 Å². The van der Waals surface area contributed by atoms with Gasteiger partial charge >= 0.3 is 0 Å². The summed E-state index contributed by atoms with van der Waals surface area (Å²) in [6.45, 7) is 0.408. The van der Waals surface area contributed by atoms with E-state index in [2.05, 4.69) is 0 Å². The lowest BCUT2D eigenvalue weighted by atomic mass is 10.0. The first kappa shape index (κ1) is 16.4. The predicted molar refractivity (Wildman–Crippen MR) is 94.9 cm³/mol. The van der Waals surface area contributed by atoms with Crippen molar-refractivity contribution in [1.82, 2.24) is 4.57 Å². The molecule has 0 radical (unpaired) electrons. The van der Waals surface area contributed by atoms with E-state index in [1.165, 1.54) is 18.2 Å². The summed E-state index contributed by atoms with van der Waals surface area (Å²) in [7, 11) is 1.55. The zero-order chi connectivity index (χ0) is 17.8. The van der Waals surface area contributed by atoms with Crippen LogP contribution < -0.4 is 10.3 Å². The van der Waals surface area contributed by atoms with Gasteiger partial charge in [-0.3, -0.25) is 14.9 Å². The fourth-order valence-electron chi connectivity index (χ4n) is 2.65. The van der Waals surface area contributed by atoms with Crippen molar-refractivity contribution in [3.8, 4) is 16.9 Å². The van der Waals surface area contributed by atoms with Gasteiger partial charge < -0.3 is 9.30 Å². The predicted octanol–water partition coefficient (Wildman–Crippen LogP) is 3.48. The number of pyridine rings is 1. The van der Waals surface area contributed by atoms with Gasteiger partial charge in [-0.2, -0.15) is 0 Å². The van der Waals surface area contributed by atoms with Crippen molar-refractivity contribution in [1.29, 1.82) is 0 Å². The van der Waals surface area contributed by atoms with Gasteiger partial charge in [0.2, 0.25) is 0 Å². The number of benzene rings is 2. The SMILES string of the molecule is COc1ccc(Cn2ccccc2=O)cc1-c1cccc([N+](=O)[O-])c1. The Labute approximate surface area is 144 Å². The Kier molecular flexibility index (Phi) is 4.61. The fraction of sp³-hybridized carbons (Fsp3) is 0.105. The number of non-ortho nitro benzene ring substituents is 1. The van der Waals surface area contributed by atoms with Crippen molar-refractivity contribution < 1.29 is 9.66 Å². The van der Waals surface area contributed by atoms with Crippen LogP contribution in [0.3, 0.4) is 0 Å². The molecule has 0 bridgehead atoms. The van der Waals surface area contributed by atoms with Crippen LogP contribution in [-0.4, -0.2) is 16.6 Å². The number of nitro benzene ring substituents is 1. The van der Waals surface area contributed by atoms with E-state index in [1.807, 2.05) is 12.1 Å². The summed E-state index contributed by atoms with van der Waals surface area (Å²) in [5.41, 5.74) is 2.26. The van der Waals surface area contributed by atoms with Gasteiger partial charge in [0.1, 0.15) is 5.75 Å². The summed E-state index contributed by atoms with van der Waals surface area (Å²) in [6.07, 6.45) is 1.72. The Morgan fingerprint density at radius 2 is 1.92 bits per heavy atom. The maximum absolute atomic E-state index is 11.9. The Balaban J connectivity index is 2.04. The number of nitro groups is 1. The third kappa shape index (κ3) is 3.58. The van der Waals surface area contributed by atoms with Crippen LogP contribution in [0.5, 0.6) is 5.75 Å². The van der Waals surface area contributed by atoms with Gasteiger partial charge in [-0.25, -0.2) is 0 Å². The normalized spacial score (nSPS) is 10.4. The molecule has 25 heavy (non-hydrogen) atoms. The molecule has 0 N–H and O–H groups in total. The zero-order valence-electron chi connectivity index (χ0n) is 13.6. The highest BCUT2D eigenvalue weighted by Crippen LogP contribution is 2.32. The average molecular weight is 336 g/mol. The van der Waals surface area contributed by atoms with Crippen molar-refractivity contribution in [3.05, 3.63) is 92.9 Å². The number of ether oxygens (including phenoxy) is 1. The Morgan fingerprint density at radius 1 is 1.08 bits per heavy atom. The minimum atomic E-state index is -0.427. The number of methoxy groups -OCH3 is 1. The minimum Gasteiger partial charge on any atom is -0.496 e. The van der Waals surface area contributed by atoms with Gasteiger partial charge in [-0.1, -0.05) is 24.3 Å². The first-order valence-corrected chi connectivity index (χ1v) is 7.65. The lowest BCUT2D eigenvalue weighted by Crippen LogP contribution is -2.18. The smallest absolute Gasteiger partial charge is 0.270 e. The second kappa shape index (κ2) is 7.00. The molecule has 1 aromatic heterocycles. The quantitative estimate of drug-likeness (QED) is 0.528. The van der Waals surface area contributed by atoms with E-state index in [4.69, 9.17) is 4.74 Å². The third-order valence-corrected chi connectivity index (χ3v) is 3.88. The van der Waals surface area contributed by atoms with Gasteiger partial charge in [0, 0.05) is 30.0 Å². The van der Waals surface area contributed by atoms with E-state index in [0.29, 0.717) is 17.9 Å². The lowest BCUT2D eigenvalue weighted by Gasteiger charge is -2.12. The van der Waals surface area contributed by atoms with Crippen LogP contribution in [0.15, 0.2) is 71.7 Å². The van der Waals surface area contributed by atoms with Gasteiger partial charge in [0.25, 0.3) is 11.2 Å². The summed E-state index contributed by atoms with van der Waals surface area (Å²) in [6, 6.07) is 17.0. The zero-order valence-corrected chi connectivity index (χ0v) is 13.6. The van der Waals surface area contributed by atoms with Crippen molar-refractivity contribution >= 4 is 5.69 Å². The minimum absolute atomic E-state index is 0.0178. The van der Waals surface area contributed by atoms with E-state index in [1.54, 1.807) is 48.2 Å². The average Bonchev–Trinajstić information content (AvgIpc) is 2.63. The molecule has 3 aromatic rings. The lowest BCUT2D eigenvalue weighted by molar-refractivity contribution is -0.384. The monoisotopic (exact) mass is 336 g/mol. The van der Waals surface area contributed by atoms with Gasteiger partial charge in [0.05, 0.1) is 18.6 Å². The molecule has 0 fully saturated rings. The molecule has 2 aromatic carbocycles. The molecular weight excluding hydrogens is 320 g/mol. The number of nitrogens with zero attached hydrogens (tertiary/aromatic N) is 2. The molecule has 6 heteroatoms. The van der Waals surface area contributed by atoms with Crippen LogP contribution >= 0.6 is 0 Å². The standard InChI is InChI=1S/C19H16N2O4/c1-25-18-9-8-14(13-20-10-3-2-7-19(20)22)11-17(18)15-5-4-6-16(12-15)21(23)24/h2-12H,13H2,1H3. The maximum Gasteiger partial charge on any atom is 0.270 e. The highest BCUT2D eigenvalue weighted by Gasteiger charge is 2.12. The fourth-order valence-corrected chi connectivity index (χ4v) is 2.65. The molecule has 0 aliphatic heterocycles. The largest absolute Gasteiger partial charge is 0.496 e. The summed E-state index contributed by atoms with van der Waals surface area (Å²) in [5.74, 6) is 0.615. The van der Waals surface area contributed by atoms with Crippen LogP contribution in [0.4, 0.5) is 5.69 Å². The topological polar surface area (TPSA) is 74.4 Å². The van der Waals surface area contributed by atoms with Crippen molar-refractivity contribution in [2.45, 2.75) is 6.54 Å². The molecule has 0 spiro atoms. The van der Waals surface area contributed by atoms with E-state index >= 15 is 0 Å². The molecule has 126 valence electrons. The molecule has 3 rings (SSSR count). The van der Waals surface area contributed by atoms with Crippen LogP contribution in [0, 0.1) is 10.1 Å². The molecule has 0 amide bonds. The van der Waals surface area contributed by atoms with E-state index in [-0.39, 0.29) is 11.2 Å². The van der Waals surface area contributed by atoms with Crippen molar-refractivity contribution in [3.63, 3.8) is 0 Å². The number of aromatic nitrogens is 1.